The SMILES string of the molecule is [CH](CC1CCCc2c1ccc1c2ccc2ccccc21)c1cccc2ccccc12. The van der Waals surface area contributed by atoms with Crippen LogP contribution in [-0.4, -0.2) is 0 Å². The van der Waals surface area contributed by atoms with Gasteiger partial charge in [-0.25, -0.2) is 0 Å². The smallest absolute Gasteiger partial charge is 0.00807 e. The Kier molecular flexibility index (Phi) is 4.30. The van der Waals surface area contributed by atoms with Gasteiger partial charge in [0.25, 0.3) is 0 Å². The van der Waals surface area contributed by atoms with Gasteiger partial charge in [0.2, 0.25) is 0 Å². The summed E-state index contributed by atoms with van der Waals surface area (Å²) in [5.41, 5.74) is 4.52. The van der Waals surface area contributed by atoms with Gasteiger partial charge < -0.3 is 0 Å². The lowest BCUT2D eigenvalue weighted by atomic mass is 9.77. The van der Waals surface area contributed by atoms with Gasteiger partial charge >= 0.3 is 0 Å². The van der Waals surface area contributed by atoms with Crippen LogP contribution < -0.4 is 0 Å². The van der Waals surface area contributed by atoms with Crippen LogP contribution in [0.15, 0.2) is 91.0 Å². The first kappa shape index (κ1) is 17.7. The minimum Gasteiger partial charge on any atom is -0.0616 e. The van der Waals surface area contributed by atoms with Gasteiger partial charge in [-0.2, -0.15) is 0 Å². The minimum absolute atomic E-state index is 0.614. The maximum atomic E-state index is 2.46. The average Bonchev–Trinajstić information content (AvgIpc) is 2.82. The first-order valence-electron chi connectivity index (χ1n) is 11.1. The molecule has 1 unspecified atom stereocenters. The summed E-state index contributed by atoms with van der Waals surface area (Å²) in [6.07, 6.45) is 7.35. The minimum atomic E-state index is 0.614. The number of benzene rings is 5. The van der Waals surface area contributed by atoms with Gasteiger partial charge in [0, 0.05) is 0 Å². The normalized spacial score (nSPS) is 16.2. The molecule has 1 aliphatic rings. The van der Waals surface area contributed by atoms with E-state index in [0.29, 0.717) is 5.92 Å². The van der Waals surface area contributed by atoms with Crippen LogP contribution in [0.3, 0.4) is 0 Å². The molecule has 0 aromatic heterocycles. The highest BCUT2D eigenvalue weighted by Crippen LogP contribution is 2.40. The quantitative estimate of drug-likeness (QED) is 0.274. The van der Waals surface area contributed by atoms with Crippen molar-refractivity contribution in [3.8, 4) is 0 Å². The Balaban J connectivity index is 1.37. The molecule has 5 aromatic carbocycles. The van der Waals surface area contributed by atoms with E-state index in [1.807, 2.05) is 0 Å². The molecule has 0 nitrogen and oxygen atoms in total. The lowest BCUT2D eigenvalue weighted by molar-refractivity contribution is 0.552. The zero-order chi connectivity index (χ0) is 19.9. The van der Waals surface area contributed by atoms with E-state index in [1.54, 1.807) is 11.1 Å². The summed E-state index contributed by atoms with van der Waals surface area (Å²) in [5, 5.41) is 8.27. The van der Waals surface area contributed by atoms with Gasteiger partial charge in [-0.15, -0.1) is 0 Å². The highest BCUT2D eigenvalue weighted by Gasteiger charge is 2.22. The molecule has 1 atom stereocenters. The molecule has 1 aliphatic carbocycles. The Morgan fingerprint density at radius 3 is 2.27 bits per heavy atom. The van der Waals surface area contributed by atoms with Gasteiger partial charge in [-0.05, 0) is 87.0 Å². The Hall–Kier alpha value is -3.12. The van der Waals surface area contributed by atoms with E-state index in [9.17, 15) is 0 Å². The lowest BCUT2D eigenvalue weighted by Gasteiger charge is -2.27. The largest absolute Gasteiger partial charge is 0.0616 e. The molecular formula is C30H25. The summed E-state index contributed by atoms with van der Waals surface area (Å²) in [4.78, 5) is 0. The van der Waals surface area contributed by atoms with Crippen molar-refractivity contribution >= 4 is 32.3 Å². The van der Waals surface area contributed by atoms with Crippen molar-refractivity contribution in [3.63, 3.8) is 0 Å². The highest BCUT2D eigenvalue weighted by atomic mass is 14.3. The molecule has 6 rings (SSSR count). The van der Waals surface area contributed by atoms with E-state index in [0.717, 1.165) is 6.42 Å². The zero-order valence-corrected chi connectivity index (χ0v) is 17.1. The summed E-state index contributed by atoms with van der Waals surface area (Å²) in [6, 6.07) is 33.6. The van der Waals surface area contributed by atoms with E-state index in [-0.39, 0.29) is 0 Å². The number of fused-ring (bicyclic) bond motifs is 6. The van der Waals surface area contributed by atoms with E-state index in [4.69, 9.17) is 0 Å². The molecule has 0 bridgehead atoms. The Morgan fingerprint density at radius 1 is 0.633 bits per heavy atom. The van der Waals surface area contributed by atoms with Gasteiger partial charge in [0.15, 0.2) is 0 Å². The second kappa shape index (κ2) is 7.29. The number of hydrogen-bond acceptors (Lipinski definition) is 0. The molecule has 1 radical (unpaired) electrons. The fourth-order valence-corrected chi connectivity index (χ4v) is 5.45. The van der Waals surface area contributed by atoms with Crippen LogP contribution in [0, 0.1) is 6.42 Å². The predicted octanol–water partition coefficient (Wildman–Crippen LogP) is 8.21. The number of hydrogen-bond donors (Lipinski definition) is 0. The van der Waals surface area contributed by atoms with Crippen LogP contribution in [0.1, 0.15) is 41.9 Å². The summed E-state index contributed by atoms with van der Waals surface area (Å²) < 4.78 is 0. The van der Waals surface area contributed by atoms with Crippen molar-refractivity contribution in [2.75, 3.05) is 0 Å². The fourth-order valence-electron chi connectivity index (χ4n) is 5.45. The molecular weight excluding hydrogens is 360 g/mol. The van der Waals surface area contributed by atoms with Crippen LogP contribution in [0.2, 0.25) is 0 Å². The molecule has 145 valence electrons. The third-order valence-electron chi connectivity index (χ3n) is 6.94. The predicted molar refractivity (Wildman–Crippen MR) is 129 cm³/mol. The second-order valence-electron chi connectivity index (χ2n) is 8.61. The molecule has 5 aromatic rings. The summed E-state index contributed by atoms with van der Waals surface area (Å²) in [5.74, 6) is 0.614. The molecule has 0 spiro atoms. The standard InChI is InChI=1S/C30H25/c1-3-12-25-21(7-1)9-5-10-22(25)15-16-24-11-6-14-28-27(24)19-20-29-26-13-4-2-8-23(26)17-18-30(28)29/h1-5,7-10,12-13,15,17-20,24H,6,11,14,16H2. The summed E-state index contributed by atoms with van der Waals surface area (Å²) in [7, 11) is 0. The molecule has 0 amide bonds. The van der Waals surface area contributed by atoms with Crippen molar-refractivity contribution in [3.05, 3.63) is 114 Å². The van der Waals surface area contributed by atoms with Crippen LogP contribution in [0.5, 0.6) is 0 Å². The third-order valence-corrected chi connectivity index (χ3v) is 6.94. The van der Waals surface area contributed by atoms with Gasteiger partial charge in [-0.3, -0.25) is 0 Å². The lowest BCUT2D eigenvalue weighted by Crippen LogP contribution is -2.11. The third kappa shape index (κ3) is 2.91. The van der Waals surface area contributed by atoms with Crippen molar-refractivity contribution in [2.24, 2.45) is 0 Å². The fraction of sp³-hybridized carbons (Fsp3) is 0.167. The highest BCUT2D eigenvalue weighted by molar-refractivity contribution is 6.08. The van der Waals surface area contributed by atoms with Crippen molar-refractivity contribution in [1.82, 2.24) is 0 Å². The summed E-state index contributed by atoms with van der Waals surface area (Å²) >= 11 is 0. The summed E-state index contributed by atoms with van der Waals surface area (Å²) in [6.45, 7) is 0. The van der Waals surface area contributed by atoms with Crippen molar-refractivity contribution < 1.29 is 0 Å². The van der Waals surface area contributed by atoms with E-state index >= 15 is 0 Å². The van der Waals surface area contributed by atoms with Gasteiger partial charge in [-0.1, -0.05) is 91.0 Å². The molecule has 30 heavy (non-hydrogen) atoms. The Bertz CT molecular complexity index is 1370. The molecule has 0 aliphatic heterocycles. The maximum Gasteiger partial charge on any atom is -0.00807 e. The van der Waals surface area contributed by atoms with Crippen LogP contribution in [0.25, 0.3) is 32.3 Å². The first-order valence-corrected chi connectivity index (χ1v) is 11.1. The molecule has 0 saturated heterocycles. The Labute approximate surface area is 178 Å². The van der Waals surface area contributed by atoms with E-state index < -0.39 is 0 Å². The monoisotopic (exact) mass is 385 g/mol. The Morgan fingerprint density at radius 2 is 1.37 bits per heavy atom. The zero-order valence-electron chi connectivity index (χ0n) is 17.1. The van der Waals surface area contributed by atoms with Crippen LogP contribution in [0.4, 0.5) is 0 Å². The number of aryl methyl sites for hydroxylation is 1. The molecule has 0 fully saturated rings. The maximum absolute atomic E-state index is 2.46. The van der Waals surface area contributed by atoms with Crippen molar-refractivity contribution in [2.45, 2.75) is 31.6 Å². The van der Waals surface area contributed by atoms with E-state index in [2.05, 4.69) is 97.4 Å². The molecule has 0 heterocycles. The van der Waals surface area contributed by atoms with E-state index in [1.165, 1.54) is 57.1 Å². The second-order valence-corrected chi connectivity index (χ2v) is 8.61. The molecule has 0 heteroatoms. The van der Waals surface area contributed by atoms with Gasteiger partial charge in [0.05, 0.1) is 0 Å². The molecule has 0 N–H and O–H groups in total. The van der Waals surface area contributed by atoms with Crippen molar-refractivity contribution in [1.29, 1.82) is 0 Å². The van der Waals surface area contributed by atoms with Crippen LogP contribution in [-0.2, 0) is 6.42 Å². The first-order chi connectivity index (χ1) is 14.9. The molecule has 0 saturated carbocycles. The van der Waals surface area contributed by atoms with Crippen LogP contribution >= 0.6 is 0 Å². The topological polar surface area (TPSA) is 0 Å². The van der Waals surface area contributed by atoms with Gasteiger partial charge in [0.1, 0.15) is 0 Å². The average molecular weight is 386 g/mol. The number of rotatable bonds is 3.